The van der Waals surface area contributed by atoms with Gasteiger partial charge in [-0.2, -0.15) is 0 Å². The van der Waals surface area contributed by atoms with E-state index in [4.69, 9.17) is 5.11 Å². The third kappa shape index (κ3) is 3.27. The molecule has 1 heterocycles. The summed E-state index contributed by atoms with van der Waals surface area (Å²) in [6, 6.07) is 3.86. The Labute approximate surface area is 92.7 Å². The molecule has 0 unspecified atom stereocenters. The Morgan fingerprint density at radius 1 is 1.50 bits per heavy atom. The van der Waals surface area contributed by atoms with Gasteiger partial charge >= 0.3 is 0 Å². The standard InChI is InChI=1S/C10H15BrN2O/c1-7(2)9(6-14)13-10-4-3-8(11)5-12-10/h3-5,7,9,14H,6H2,1-2H3,(H,12,13)/t9-/m1/s1. The number of nitrogens with one attached hydrogen (secondary N) is 1. The molecule has 3 nitrogen and oxygen atoms in total. The molecular formula is C10H15BrN2O. The Kier molecular flexibility index (Phi) is 4.35. The normalized spacial score (nSPS) is 12.9. The van der Waals surface area contributed by atoms with Crippen molar-refractivity contribution >= 4 is 21.7 Å². The van der Waals surface area contributed by atoms with Gasteiger partial charge in [-0.1, -0.05) is 13.8 Å². The summed E-state index contributed by atoms with van der Waals surface area (Å²) in [6.07, 6.45) is 1.73. The van der Waals surface area contributed by atoms with Crippen molar-refractivity contribution in [2.24, 2.45) is 5.92 Å². The van der Waals surface area contributed by atoms with Gasteiger partial charge in [-0.05, 0) is 34.0 Å². The van der Waals surface area contributed by atoms with Gasteiger partial charge < -0.3 is 10.4 Å². The molecule has 0 fully saturated rings. The first kappa shape index (κ1) is 11.5. The molecule has 78 valence electrons. The maximum atomic E-state index is 9.11. The summed E-state index contributed by atoms with van der Waals surface area (Å²) in [5.41, 5.74) is 0. The number of hydrogen-bond acceptors (Lipinski definition) is 3. The van der Waals surface area contributed by atoms with Gasteiger partial charge in [0.15, 0.2) is 0 Å². The first-order valence-corrected chi connectivity index (χ1v) is 5.41. The summed E-state index contributed by atoms with van der Waals surface area (Å²) >= 11 is 3.32. The number of halogens is 1. The van der Waals surface area contributed by atoms with E-state index in [9.17, 15) is 0 Å². The predicted molar refractivity (Wildman–Crippen MR) is 61.3 cm³/mol. The lowest BCUT2D eigenvalue weighted by atomic mass is 10.1. The van der Waals surface area contributed by atoms with Crippen LogP contribution < -0.4 is 5.32 Å². The minimum atomic E-state index is 0.0590. The number of pyridine rings is 1. The molecular weight excluding hydrogens is 244 g/mol. The topological polar surface area (TPSA) is 45.1 Å². The van der Waals surface area contributed by atoms with E-state index in [-0.39, 0.29) is 12.6 Å². The Morgan fingerprint density at radius 3 is 2.64 bits per heavy atom. The zero-order valence-electron chi connectivity index (χ0n) is 8.37. The van der Waals surface area contributed by atoms with Crippen LogP contribution in [-0.4, -0.2) is 22.7 Å². The first-order chi connectivity index (χ1) is 6.63. The molecule has 0 saturated carbocycles. The smallest absolute Gasteiger partial charge is 0.126 e. The lowest BCUT2D eigenvalue weighted by Gasteiger charge is -2.20. The van der Waals surface area contributed by atoms with Crippen molar-refractivity contribution < 1.29 is 5.11 Å². The molecule has 0 saturated heterocycles. The number of anilines is 1. The number of aromatic nitrogens is 1. The molecule has 0 aliphatic heterocycles. The molecule has 0 aliphatic carbocycles. The largest absolute Gasteiger partial charge is 0.394 e. The monoisotopic (exact) mass is 258 g/mol. The van der Waals surface area contributed by atoms with E-state index in [0.717, 1.165) is 10.3 Å². The zero-order chi connectivity index (χ0) is 10.6. The molecule has 0 spiro atoms. The van der Waals surface area contributed by atoms with E-state index in [0.29, 0.717) is 5.92 Å². The van der Waals surface area contributed by atoms with Crippen molar-refractivity contribution in [3.05, 3.63) is 22.8 Å². The highest BCUT2D eigenvalue weighted by atomic mass is 79.9. The highest BCUT2D eigenvalue weighted by molar-refractivity contribution is 9.10. The molecule has 0 aromatic carbocycles. The van der Waals surface area contributed by atoms with Gasteiger partial charge in [0, 0.05) is 10.7 Å². The minimum Gasteiger partial charge on any atom is -0.394 e. The van der Waals surface area contributed by atoms with Crippen LogP contribution in [0.3, 0.4) is 0 Å². The summed E-state index contributed by atoms with van der Waals surface area (Å²) in [4.78, 5) is 4.18. The number of nitrogens with zero attached hydrogens (tertiary/aromatic N) is 1. The van der Waals surface area contributed by atoms with E-state index in [2.05, 4.69) is 40.1 Å². The van der Waals surface area contributed by atoms with Crippen molar-refractivity contribution in [3.8, 4) is 0 Å². The fourth-order valence-electron chi connectivity index (χ4n) is 1.07. The molecule has 0 bridgehead atoms. The Hall–Kier alpha value is -0.610. The van der Waals surface area contributed by atoms with Crippen molar-refractivity contribution in [2.45, 2.75) is 19.9 Å². The average Bonchev–Trinajstić information content (AvgIpc) is 2.16. The van der Waals surface area contributed by atoms with Crippen LogP contribution in [0.2, 0.25) is 0 Å². The number of rotatable bonds is 4. The average molecular weight is 259 g/mol. The van der Waals surface area contributed by atoms with Crippen LogP contribution in [0, 0.1) is 5.92 Å². The quantitative estimate of drug-likeness (QED) is 0.871. The van der Waals surface area contributed by atoms with Crippen LogP contribution in [0.15, 0.2) is 22.8 Å². The molecule has 1 rings (SSSR count). The Balaban J connectivity index is 2.63. The maximum Gasteiger partial charge on any atom is 0.126 e. The maximum absolute atomic E-state index is 9.11. The highest BCUT2D eigenvalue weighted by Crippen LogP contribution is 2.13. The lowest BCUT2D eigenvalue weighted by Crippen LogP contribution is -2.29. The molecule has 1 aromatic heterocycles. The SMILES string of the molecule is CC(C)[C@@H](CO)Nc1ccc(Br)cn1. The van der Waals surface area contributed by atoms with E-state index in [1.54, 1.807) is 6.20 Å². The second kappa shape index (κ2) is 5.32. The summed E-state index contributed by atoms with van der Waals surface area (Å²) in [5, 5.41) is 12.3. The number of aliphatic hydroxyl groups excluding tert-OH is 1. The van der Waals surface area contributed by atoms with Crippen molar-refractivity contribution in [2.75, 3.05) is 11.9 Å². The fourth-order valence-corrected chi connectivity index (χ4v) is 1.31. The first-order valence-electron chi connectivity index (χ1n) is 4.62. The predicted octanol–water partition coefficient (Wildman–Crippen LogP) is 2.27. The second-order valence-corrected chi connectivity index (χ2v) is 4.45. The Bertz CT molecular complexity index is 274. The fraction of sp³-hybridized carbons (Fsp3) is 0.500. The van der Waals surface area contributed by atoms with Crippen LogP contribution in [-0.2, 0) is 0 Å². The van der Waals surface area contributed by atoms with Crippen LogP contribution in [0.4, 0.5) is 5.82 Å². The zero-order valence-corrected chi connectivity index (χ0v) is 9.95. The van der Waals surface area contributed by atoms with Crippen molar-refractivity contribution in [1.29, 1.82) is 0 Å². The van der Waals surface area contributed by atoms with E-state index >= 15 is 0 Å². The van der Waals surface area contributed by atoms with Gasteiger partial charge in [-0.3, -0.25) is 0 Å². The van der Waals surface area contributed by atoms with Crippen molar-refractivity contribution in [1.82, 2.24) is 4.98 Å². The number of aliphatic hydroxyl groups is 1. The van der Waals surface area contributed by atoms with Crippen LogP contribution >= 0.6 is 15.9 Å². The van der Waals surface area contributed by atoms with Gasteiger partial charge in [0.1, 0.15) is 5.82 Å². The van der Waals surface area contributed by atoms with E-state index in [1.165, 1.54) is 0 Å². The minimum absolute atomic E-state index is 0.0590. The van der Waals surface area contributed by atoms with Crippen LogP contribution in [0.25, 0.3) is 0 Å². The van der Waals surface area contributed by atoms with Crippen LogP contribution in [0.1, 0.15) is 13.8 Å². The van der Waals surface area contributed by atoms with Gasteiger partial charge in [0.05, 0.1) is 12.6 Å². The highest BCUT2D eigenvalue weighted by Gasteiger charge is 2.11. The molecule has 0 radical (unpaired) electrons. The van der Waals surface area contributed by atoms with Crippen LogP contribution in [0.5, 0.6) is 0 Å². The summed E-state index contributed by atoms with van der Waals surface area (Å²) in [7, 11) is 0. The van der Waals surface area contributed by atoms with Gasteiger partial charge in [-0.15, -0.1) is 0 Å². The summed E-state index contributed by atoms with van der Waals surface area (Å²) < 4.78 is 0.952. The van der Waals surface area contributed by atoms with Gasteiger partial charge in [-0.25, -0.2) is 4.98 Å². The third-order valence-electron chi connectivity index (χ3n) is 2.06. The molecule has 0 amide bonds. The summed E-state index contributed by atoms with van der Waals surface area (Å²) in [6.45, 7) is 4.24. The molecule has 0 aliphatic rings. The molecule has 2 N–H and O–H groups in total. The number of hydrogen-bond donors (Lipinski definition) is 2. The van der Waals surface area contributed by atoms with Gasteiger partial charge in [0.2, 0.25) is 0 Å². The molecule has 1 aromatic rings. The Morgan fingerprint density at radius 2 is 2.21 bits per heavy atom. The van der Waals surface area contributed by atoms with E-state index in [1.807, 2.05) is 12.1 Å². The molecule has 14 heavy (non-hydrogen) atoms. The summed E-state index contributed by atoms with van der Waals surface area (Å²) in [5.74, 6) is 1.17. The van der Waals surface area contributed by atoms with E-state index < -0.39 is 0 Å². The molecule has 1 atom stereocenters. The van der Waals surface area contributed by atoms with Crippen molar-refractivity contribution in [3.63, 3.8) is 0 Å². The second-order valence-electron chi connectivity index (χ2n) is 3.54. The third-order valence-corrected chi connectivity index (χ3v) is 2.53. The van der Waals surface area contributed by atoms with Gasteiger partial charge in [0.25, 0.3) is 0 Å². The molecule has 4 heteroatoms. The lowest BCUT2D eigenvalue weighted by molar-refractivity contribution is 0.249.